The topological polar surface area (TPSA) is 26.7 Å². The summed E-state index contributed by atoms with van der Waals surface area (Å²) in [5.41, 5.74) is 0. The van der Waals surface area contributed by atoms with Crippen molar-refractivity contribution in [3.8, 4) is 0 Å². The van der Waals surface area contributed by atoms with Gasteiger partial charge >= 0.3 is 0 Å². The van der Waals surface area contributed by atoms with Crippen molar-refractivity contribution in [2.75, 3.05) is 40.3 Å². The van der Waals surface area contributed by atoms with Crippen LogP contribution in [0.25, 0.3) is 0 Å². The van der Waals surface area contributed by atoms with Gasteiger partial charge in [0.2, 0.25) is 0 Å². The molecule has 0 amide bonds. The summed E-state index contributed by atoms with van der Waals surface area (Å²) >= 11 is 0. The molecule has 2 fully saturated rings. The first kappa shape index (κ1) is 17.2. The normalized spacial score (nSPS) is 32.7. The summed E-state index contributed by atoms with van der Waals surface area (Å²) in [7, 11) is 4.36. The molecule has 0 radical (unpaired) electrons. The Morgan fingerprint density at radius 1 is 1.05 bits per heavy atom. The van der Waals surface area contributed by atoms with E-state index < -0.39 is 0 Å². The summed E-state index contributed by atoms with van der Waals surface area (Å²) < 4.78 is 0. The second kappa shape index (κ2) is 8.50. The number of likely N-dealkylation sites (tertiary alicyclic amines) is 1. The van der Waals surface area contributed by atoms with Gasteiger partial charge in [-0.05, 0) is 77.0 Å². The van der Waals surface area contributed by atoms with Gasteiger partial charge in [0.15, 0.2) is 0 Å². The maximum Gasteiger partial charge on any atom is 0.0580 e. The van der Waals surface area contributed by atoms with E-state index in [9.17, 15) is 5.11 Å². The molecule has 0 aromatic heterocycles. The van der Waals surface area contributed by atoms with Gasteiger partial charge < -0.3 is 14.9 Å². The number of aliphatic hydroxyl groups is 1. The Morgan fingerprint density at radius 3 is 2.38 bits per heavy atom. The summed E-state index contributed by atoms with van der Waals surface area (Å²) in [5, 5.41) is 10.3. The molecule has 1 saturated carbocycles. The zero-order valence-corrected chi connectivity index (χ0v) is 14.4. The molecule has 1 aliphatic carbocycles. The molecule has 3 unspecified atom stereocenters. The Labute approximate surface area is 131 Å². The smallest absolute Gasteiger partial charge is 0.0580 e. The molecule has 21 heavy (non-hydrogen) atoms. The van der Waals surface area contributed by atoms with Gasteiger partial charge in [-0.1, -0.05) is 19.8 Å². The van der Waals surface area contributed by atoms with Crippen LogP contribution in [-0.2, 0) is 0 Å². The fraction of sp³-hybridized carbons (Fsp3) is 1.00. The highest BCUT2D eigenvalue weighted by Crippen LogP contribution is 2.33. The Balaban J connectivity index is 1.74. The molecule has 1 N–H and O–H groups in total. The monoisotopic (exact) mass is 296 g/mol. The van der Waals surface area contributed by atoms with Crippen molar-refractivity contribution in [3.05, 3.63) is 0 Å². The van der Waals surface area contributed by atoms with Crippen LogP contribution in [0.15, 0.2) is 0 Å². The number of piperidine rings is 1. The minimum atomic E-state index is -0.0439. The molecule has 3 heteroatoms. The van der Waals surface area contributed by atoms with E-state index in [4.69, 9.17) is 0 Å². The first-order chi connectivity index (χ1) is 10.1. The quantitative estimate of drug-likeness (QED) is 0.816. The van der Waals surface area contributed by atoms with Crippen molar-refractivity contribution >= 4 is 0 Å². The minimum absolute atomic E-state index is 0.0439. The Kier molecular flexibility index (Phi) is 6.97. The summed E-state index contributed by atoms with van der Waals surface area (Å²) in [4.78, 5) is 4.94. The lowest BCUT2D eigenvalue weighted by Crippen LogP contribution is -2.43. The molecule has 2 rings (SSSR count). The summed E-state index contributed by atoms with van der Waals surface area (Å²) in [5.74, 6) is 2.27. The molecule has 124 valence electrons. The van der Waals surface area contributed by atoms with Crippen LogP contribution in [0.3, 0.4) is 0 Å². The van der Waals surface area contributed by atoms with Crippen LogP contribution < -0.4 is 0 Å². The molecule has 1 saturated heterocycles. The molecule has 0 aromatic rings. The van der Waals surface area contributed by atoms with E-state index in [0.717, 1.165) is 24.8 Å². The van der Waals surface area contributed by atoms with E-state index in [1.54, 1.807) is 0 Å². The van der Waals surface area contributed by atoms with Gasteiger partial charge in [0, 0.05) is 13.1 Å². The van der Waals surface area contributed by atoms with Gasteiger partial charge in [-0.3, -0.25) is 0 Å². The lowest BCUT2D eigenvalue weighted by Gasteiger charge is -2.39. The van der Waals surface area contributed by atoms with Gasteiger partial charge in [0.1, 0.15) is 0 Å². The lowest BCUT2D eigenvalue weighted by atomic mass is 9.77. The Morgan fingerprint density at radius 2 is 1.76 bits per heavy atom. The van der Waals surface area contributed by atoms with Crippen LogP contribution >= 0.6 is 0 Å². The van der Waals surface area contributed by atoms with Crippen molar-refractivity contribution in [1.29, 1.82) is 0 Å². The second-order valence-electron chi connectivity index (χ2n) is 7.80. The fourth-order valence-corrected chi connectivity index (χ4v) is 4.41. The highest BCUT2D eigenvalue weighted by molar-refractivity contribution is 4.83. The standard InChI is InChI=1S/C18H36N2O/c1-4-5-15-6-7-18(21)17(12-15)14-20-10-8-16(9-11-20)13-19(2)3/h15-18,21H,4-14H2,1-3H3. The number of hydrogen-bond donors (Lipinski definition) is 1. The van der Waals surface area contributed by atoms with Crippen molar-refractivity contribution in [2.45, 2.75) is 58.0 Å². The van der Waals surface area contributed by atoms with Gasteiger partial charge in [-0.15, -0.1) is 0 Å². The van der Waals surface area contributed by atoms with Crippen LogP contribution in [-0.4, -0.2) is 61.3 Å². The molecule has 1 aliphatic heterocycles. The Bertz CT molecular complexity index is 287. The van der Waals surface area contributed by atoms with Crippen molar-refractivity contribution in [2.24, 2.45) is 17.8 Å². The maximum absolute atomic E-state index is 10.3. The molecule has 1 heterocycles. The third-order valence-electron chi connectivity index (χ3n) is 5.57. The first-order valence-electron chi connectivity index (χ1n) is 9.13. The van der Waals surface area contributed by atoms with Gasteiger partial charge in [0.05, 0.1) is 6.10 Å². The molecule has 0 spiro atoms. The van der Waals surface area contributed by atoms with E-state index in [0.29, 0.717) is 5.92 Å². The SMILES string of the molecule is CCCC1CCC(O)C(CN2CCC(CN(C)C)CC2)C1. The molecule has 3 nitrogen and oxygen atoms in total. The molecular formula is C18H36N2O. The zero-order valence-electron chi connectivity index (χ0n) is 14.4. The fourth-order valence-electron chi connectivity index (χ4n) is 4.41. The van der Waals surface area contributed by atoms with Crippen LogP contribution in [0.1, 0.15) is 51.9 Å². The highest BCUT2D eigenvalue weighted by atomic mass is 16.3. The molecule has 3 atom stereocenters. The van der Waals surface area contributed by atoms with E-state index in [1.807, 2.05) is 0 Å². The lowest BCUT2D eigenvalue weighted by molar-refractivity contribution is 0.0185. The molecular weight excluding hydrogens is 260 g/mol. The molecule has 2 aliphatic rings. The minimum Gasteiger partial charge on any atom is -0.393 e. The first-order valence-corrected chi connectivity index (χ1v) is 9.13. The predicted molar refractivity (Wildman–Crippen MR) is 89.5 cm³/mol. The summed E-state index contributed by atoms with van der Waals surface area (Å²) in [6, 6.07) is 0. The van der Waals surface area contributed by atoms with Crippen LogP contribution in [0, 0.1) is 17.8 Å². The second-order valence-corrected chi connectivity index (χ2v) is 7.80. The Hall–Kier alpha value is -0.120. The van der Waals surface area contributed by atoms with Gasteiger partial charge in [-0.2, -0.15) is 0 Å². The van der Waals surface area contributed by atoms with E-state index >= 15 is 0 Å². The van der Waals surface area contributed by atoms with Crippen LogP contribution in [0.5, 0.6) is 0 Å². The molecule has 0 bridgehead atoms. The van der Waals surface area contributed by atoms with Crippen molar-refractivity contribution in [1.82, 2.24) is 9.80 Å². The molecule has 0 aromatic carbocycles. The third-order valence-corrected chi connectivity index (χ3v) is 5.57. The van der Waals surface area contributed by atoms with Crippen LogP contribution in [0.4, 0.5) is 0 Å². The average molecular weight is 296 g/mol. The number of aliphatic hydroxyl groups excluding tert-OH is 1. The van der Waals surface area contributed by atoms with Crippen LogP contribution in [0.2, 0.25) is 0 Å². The summed E-state index contributed by atoms with van der Waals surface area (Å²) in [6.07, 6.45) is 8.81. The number of hydrogen-bond acceptors (Lipinski definition) is 3. The summed E-state index contributed by atoms with van der Waals surface area (Å²) in [6.45, 7) is 7.13. The average Bonchev–Trinajstić information content (AvgIpc) is 2.44. The predicted octanol–water partition coefficient (Wildman–Crippen LogP) is 2.84. The van der Waals surface area contributed by atoms with Crippen molar-refractivity contribution in [3.63, 3.8) is 0 Å². The van der Waals surface area contributed by atoms with E-state index in [-0.39, 0.29) is 6.10 Å². The maximum atomic E-state index is 10.3. The van der Waals surface area contributed by atoms with Gasteiger partial charge in [-0.25, -0.2) is 0 Å². The third kappa shape index (κ3) is 5.54. The number of nitrogens with zero attached hydrogens (tertiary/aromatic N) is 2. The van der Waals surface area contributed by atoms with E-state index in [1.165, 1.54) is 58.2 Å². The zero-order chi connectivity index (χ0) is 15.2. The van der Waals surface area contributed by atoms with Crippen molar-refractivity contribution < 1.29 is 5.11 Å². The largest absolute Gasteiger partial charge is 0.393 e. The van der Waals surface area contributed by atoms with E-state index in [2.05, 4.69) is 30.8 Å². The number of rotatable bonds is 6. The highest BCUT2D eigenvalue weighted by Gasteiger charge is 2.31. The van der Waals surface area contributed by atoms with Gasteiger partial charge in [0.25, 0.3) is 0 Å².